The van der Waals surface area contributed by atoms with E-state index >= 15 is 0 Å². The van der Waals surface area contributed by atoms with Gasteiger partial charge in [0.05, 0.1) is 17.2 Å². The summed E-state index contributed by atoms with van der Waals surface area (Å²) in [6.07, 6.45) is 0.120. The number of anilines is 2. The normalized spacial score (nSPS) is 16.4. The minimum absolute atomic E-state index is 0.0170. The van der Waals surface area contributed by atoms with Crippen LogP contribution in [0.5, 0.6) is 0 Å². The number of amides is 3. The Labute approximate surface area is 168 Å². The summed E-state index contributed by atoms with van der Waals surface area (Å²) >= 11 is 5.90. The Bertz CT molecular complexity index is 896. The van der Waals surface area contributed by atoms with E-state index in [4.69, 9.17) is 11.6 Å². The smallest absolute Gasteiger partial charge is 0.253 e. The molecule has 1 atom stereocenters. The van der Waals surface area contributed by atoms with E-state index in [0.29, 0.717) is 22.0 Å². The standard InChI is InChI=1S/C21H22ClN3O3/c1-13(2)23-21(28)17-5-3-4-6-18(17)24-20(27)14-11-19(26)25(12-14)16-9-7-15(22)8-10-16/h3-10,13-14H,11-12H2,1-2H3,(H,23,28)(H,24,27)/t14-/m0/s1. The minimum Gasteiger partial charge on any atom is -0.350 e. The largest absolute Gasteiger partial charge is 0.350 e. The van der Waals surface area contributed by atoms with Crippen molar-refractivity contribution in [1.82, 2.24) is 5.32 Å². The van der Waals surface area contributed by atoms with Crippen LogP contribution in [0.4, 0.5) is 11.4 Å². The zero-order valence-corrected chi connectivity index (χ0v) is 16.5. The molecule has 1 aliphatic heterocycles. The lowest BCUT2D eigenvalue weighted by molar-refractivity contribution is -0.122. The molecule has 0 unspecified atom stereocenters. The second-order valence-electron chi connectivity index (χ2n) is 7.04. The van der Waals surface area contributed by atoms with E-state index in [1.807, 2.05) is 13.8 Å². The summed E-state index contributed by atoms with van der Waals surface area (Å²) < 4.78 is 0. The summed E-state index contributed by atoms with van der Waals surface area (Å²) in [5.74, 6) is -1.15. The van der Waals surface area contributed by atoms with Crippen LogP contribution in [-0.4, -0.2) is 30.3 Å². The van der Waals surface area contributed by atoms with Gasteiger partial charge in [0.25, 0.3) is 5.91 Å². The van der Waals surface area contributed by atoms with Gasteiger partial charge in [0.15, 0.2) is 0 Å². The highest BCUT2D eigenvalue weighted by Crippen LogP contribution is 2.27. The second-order valence-corrected chi connectivity index (χ2v) is 7.48. The first kappa shape index (κ1) is 19.9. The van der Waals surface area contributed by atoms with E-state index in [-0.39, 0.29) is 36.7 Å². The monoisotopic (exact) mass is 399 g/mol. The first-order chi connectivity index (χ1) is 13.3. The van der Waals surface area contributed by atoms with E-state index in [0.717, 1.165) is 0 Å². The number of nitrogens with one attached hydrogen (secondary N) is 2. The SMILES string of the molecule is CC(C)NC(=O)c1ccccc1NC(=O)[C@H]1CC(=O)N(c2ccc(Cl)cc2)C1. The minimum atomic E-state index is -0.496. The highest BCUT2D eigenvalue weighted by atomic mass is 35.5. The van der Waals surface area contributed by atoms with Crippen LogP contribution in [0.15, 0.2) is 48.5 Å². The van der Waals surface area contributed by atoms with Crippen molar-refractivity contribution in [3.05, 3.63) is 59.1 Å². The van der Waals surface area contributed by atoms with Crippen LogP contribution in [-0.2, 0) is 9.59 Å². The summed E-state index contributed by atoms with van der Waals surface area (Å²) in [7, 11) is 0. The fourth-order valence-corrected chi connectivity index (χ4v) is 3.24. The molecule has 0 aromatic heterocycles. The maximum absolute atomic E-state index is 12.7. The number of benzene rings is 2. The molecule has 1 aliphatic rings. The Kier molecular flexibility index (Phi) is 5.99. The van der Waals surface area contributed by atoms with Crippen molar-refractivity contribution in [2.24, 2.45) is 5.92 Å². The summed E-state index contributed by atoms with van der Waals surface area (Å²) in [5.41, 5.74) is 1.54. The Morgan fingerprint density at radius 3 is 2.46 bits per heavy atom. The van der Waals surface area contributed by atoms with Crippen molar-refractivity contribution in [3.8, 4) is 0 Å². The number of rotatable bonds is 5. The number of para-hydroxylation sites is 1. The van der Waals surface area contributed by atoms with Crippen LogP contribution in [0.1, 0.15) is 30.6 Å². The average Bonchev–Trinajstić information content (AvgIpc) is 3.04. The molecule has 0 radical (unpaired) electrons. The van der Waals surface area contributed by atoms with Gasteiger partial charge < -0.3 is 15.5 Å². The fraction of sp³-hybridized carbons (Fsp3) is 0.286. The molecule has 1 fully saturated rings. The number of hydrogen-bond acceptors (Lipinski definition) is 3. The molecule has 2 aromatic carbocycles. The first-order valence-corrected chi connectivity index (χ1v) is 9.49. The molecule has 0 spiro atoms. The molecule has 2 N–H and O–H groups in total. The van der Waals surface area contributed by atoms with E-state index in [2.05, 4.69) is 10.6 Å². The quantitative estimate of drug-likeness (QED) is 0.808. The van der Waals surface area contributed by atoms with Crippen LogP contribution in [0.25, 0.3) is 0 Å². The summed E-state index contributed by atoms with van der Waals surface area (Å²) in [4.78, 5) is 39.1. The van der Waals surface area contributed by atoms with Gasteiger partial charge in [-0.25, -0.2) is 0 Å². The summed E-state index contributed by atoms with van der Waals surface area (Å²) in [6.45, 7) is 4.02. The summed E-state index contributed by atoms with van der Waals surface area (Å²) in [6, 6.07) is 13.7. The van der Waals surface area contributed by atoms with Gasteiger partial charge in [-0.1, -0.05) is 23.7 Å². The third-order valence-corrected chi connectivity index (χ3v) is 4.74. The second kappa shape index (κ2) is 8.44. The van der Waals surface area contributed by atoms with Gasteiger partial charge >= 0.3 is 0 Å². The number of carbonyl (C=O) groups is 3. The van der Waals surface area contributed by atoms with Crippen molar-refractivity contribution in [2.75, 3.05) is 16.8 Å². The highest BCUT2D eigenvalue weighted by molar-refractivity contribution is 6.30. The van der Waals surface area contributed by atoms with Gasteiger partial charge in [0.1, 0.15) is 0 Å². The predicted octanol–water partition coefficient (Wildman–Crippen LogP) is 3.47. The summed E-state index contributed by atoms with van der Waals surface area (Å²) in [5, 5.41) is 6.21. The Hall–Kier alpha value is -2.86. The molecule has 3 rings (SSSR count). The third-order valence-electron chi connectivity index (χ3n) is 4.48. The number of nitrogens with zero attached hydrogens (tertiary/aromatic N) is 1. The highest BCUT2D eigenvalue weighted by Gasteiger charge is 2.35. The lowest BCUT2D eigenvalue weighted by Crippen LogP contribution is -2.32. The van der Waals surface area contributed by atoms with Gasteiger partial charge in [-0.3, -0.25) is 14.4 Å². The van der Waals surface area contributed by atoms with Gasteiger partial charge in [0.2, 0.25) is 11.8 Å². The maximum atomic E-state index is 12.7. The lowest BCUT2D eigenvalue weighted by atomic mass is 10.1. The Morgan fingerprint density at radius 1 is 1.11 bits per heavy atom. The molecule has 1 heterocycles. The molecule has 28 heavy (non-hydrogen) atoms. The topological polar surface area (TPSA) is 78.5 Å². The molecule has 1 saturated heterocycles. The van der Waals surface area contributed by atoms with E-state index in [1.165, 1.54) is 0 Å². The number of carbonyl (C=O) groups excluding carboxylic acids is 3. The van der Waals surface area contributed by atoms with Crippen molar-refractivity contribution >= 4 is 40.7 Å². The maximum Gasteiger partial charge on any atom is 0.253 e. The molecule has 0 bridgehead atoms. The molecule has 3 amide bonds. The zero-order valence-electron chi connectivity index (χ0n) is 15.7. The molecular formula is C21H22ClN3O3. The van der Waals surface area contributed by atoms with Crippen molar-refractivity contribution in [1.29, 1.82) is 0 Å². The molecule has 0 aliphatic carbocycles. The number of hydrogen-bond donors (Lipinski definition) is 2. The van der Waals surface area contributed by atoms with E-state index < -0.39 is 5.92 Å². The first-order valence-electron chi connectivity index (χ1n) is 9.12. The molecule has 2 aromatic rings. The number of halogens is 1. The van der Waals surface area contributed by atoms with Crippen LogP contribution in [0.3, 0.4) is 0 Å². The Morgan fingerprint density at radius 2 is 1.79 bits per heavy atom. The van der Waals surface area contributed by atoms with Gasteiger partial charge in [-0.2, -0.15) is 0 Å². The molecular weight excluding hydrogens is 378 g/mol. The van der Waals surface area contributed by atoms with Crippen LogP contribution in [0.2, 0.25) is 5.02 Å². The van der Waals surface area contributed by atoms with Crippen LogP contribution in [0, 0.1) is 5.92 Å². The predicted molar refractivity (Wildman–Crippen MR) is 110 cm³/mol. The lowest BCUT2D eigenvalue weighted by Gasteiger charge is -2.17. The van der Waals surface area contributed by atoms with Crippen molar-refractivity contribution in [2.45, 2.75) is 26.3 Å². The molecule has 146 valence electrons. The van der Waals surface area contributed by atoms with E-state index in [9.17, 15) is 14.4 Å². The fourth-order valence-electron chi connectivity index (χ4n) is 3.12. The zero-order chi connectivity index (χ0) is 20.3. The average molecular weight is 400 g/mol. The third kappa shape index (κ3) is 4.51. The van der Waals surface area contributed by atoms with Crippen LogP contribution >= 0.6 is 11.6 Å². The molecule has 0 saturated carbocycles. The van der Waals surface area contributed by atoms with Gasteiger partial charge in [-0.05, 0) is 50.2 Å². The van der Waals surface area contributed by atoms with Gasteiger partial charge in [-0.15, -0.1) is 0 Å². The van der Waals surface area contributed by atoms with Gasteiger partial charge in [0, 0.05) is 29.7 Å². The van der Waals surface area contributed by atoms with Crippen molar-refractivity contribution in [3.63, 3.8) is 0 Å². The Balaban J connectivity index is 1.71. The van der Waals surface area contributed by atoms with E-state index in [1.54, 1.807) is 53.4 Å². The molecule has 6 nitrogen and oxygen atoms in total. The van der Waals surface area contributed by atoms with Crippen molar-refractivity contribution < 1.29 is 14.4 Å². The molecule has 7 heteroatoms. The van der Waals surface area contributed by atoms with Crippen LogP contribution < -0.4 is 15.5 Å².